The minimum atomic E-state index is -0.952. The molecule has 4 amide bonds. The molecule has 0 bridgehead atoms. The molecule has 1 aromatic carbocycles. The fraction of sp³-hybridized carbons (Fsp3) is 0.444. The molecule has 0 unspecified atom stereocenters. The molecule has 8 nitrogen and oxygen atoms in total. The van der Waals surface area contributed by atoms with Crippen molar-refractivity contribution in [1.29, 1.82) is 0 Å². The quantitative estimate of drug-likeness (QED) is 0.787. The lowest BCUT2D eigenvalue weighted by Crippen LogP contribution is -2.64. The lowest BCUT2D eigenvalue weighted by atomic mass is 10.0. The van der Waals surface area contributed by atoms with Crippen molar-refractivity contribution in [2.24, 2.45) is 0 Å². The molecule has 0 aromatic heterocycles. The molecular weight excluding hydrogens is 338 g/mol. The SMILES string of the molecule is O=C(O)CCCC(=O)N1CC[C@H]2NC(=O)N(Cc3ccccc3)C(=O)[C@H]21. The van der Waals surface area contributed by atoms with Gasteiger partial charge in [-0.25, -0.2) is 4.79 Å². The Hall–Kier alpha value is -2.90. The highest BCUT2D eigenvalue weighted by atomic mass is 16.4. The van der Waals surface area contributed by atoms with Crippen LogP contribution in [-0.4, -0.2) is 57.3 Å². The number of carboxylic acid groups (broad SMARTS) is 1. The molecule has 8 heteroatoms. The first-order valence-corrected chi connectivity index (χ1v) is 8.64. The fourth-order valence-corrected chi connectivity index (χ4v) is 3.48. The van der Waals surface area contributed by atoms with Crippen LogP contribution in [0.4, 0.5) is 4.79 Å². The summed E-state index contributed by atoms with van der Waals surface area (Å²) in [5.74, 6) is -1.58. The van der Waals surface area contributed by atoms with Gasteiger partial charge in [-0.1, -0.05) is 30.3 Å². The van der Waals surface area contributed by atoms with Gasteiger partial charge in [0, 0.05) is 19.4 Å². The highest BCUT2D eigenvalue weighted by Crippen LogP contribution is 2.26. The van der Waals surface area contributed by atoms with Crippen molar-refractivity contribution in [1.82, 2.24) is 15.1 Å². The molecular formula is C18H21N3O5. The summed E-state index contributed by atoms with van der Waals surface area (Å²) in [4.78, 5) is 50.8. The molecule has 2 aliphatic heterocycles. The van der Waals surface area contributed by atoms with Crippen molar-refractivity contribution >= 4 is 23.8 Å². The lowest BCUT2D eigenvalue weighted by molar-refractivity contribution is -0.144. The number of nitrogens with one attached hydrogen (secondary N) is 1. The number of aliphatic carboxylic acids is 1. The average molecular weight is 359 g/mol. The molecule has 1 aromatic rings. The van der Waals surface area contributed by atoms with Gasteiger partial charge in [0.15, 0.2) is 0 Å². The van der Waals surface area contributed by atoms with Gasteiger partial charge in [-0.15, -0.1) is 0 Å². The molecule has 0 spiro atoms. The van der Waals surface area contributed by atoms with Crippen LogP contribution in [0, 0.1) is 0 Å². The van der Waals surface area contributed by atoms with Gasteiger partial charge in [0.25, 0.3) is 5.91 Å². The number of rotatable bonds is 6. The highest BCUT2D eigenvalue weighted by Gasteiger charge is 2.49. The van der Waals surface area contributed by atoms with Crippen LogP contribution >= 0.6 is 0 Å². The van der Waals surface area contributed by atoms with Crippen LogP contribution in [0.1, 0.15) is 31.2 Å². The van der Waals surface area contributed by atoms with E-state index in [1.807, 2.05) is 30.3 Å². The maximum atomic E-state index is 12.9. The number of urea groups is 1. The molecule has 0 radical (unpaired) electrons. The Morgan fingerprint density at radius 3 is 2.58 bits per heavy atom. The zero-order valence-corrected chi connectivity index (χ0v) is 14.3. The number of likely N-dealkylation sites (tertiary alicyclic amines) is 1. The summed E-state index contributed by atoms with van der Waals surface area (Å²) < 4.78 is 0. The molecule has 2 N–H and O–H groups in total. The number of imide groups is 1. The second kappa shape index (κ2) is 7.55. The smallest absolute Gasteiger partial charge is 0.324 e. The topological polar surface area (TPSA) is 107 Å². The van der Waals surface area contributed by atoms with Crippen molar-refractivity contribution < 1.29 is 24.3 Å². The Labute approximate surface area is 150 Å². The number of benzene rings is 1. The Morgan fingerprint density at radius 1 is 1.15 bits per heavy atom. The Balaban J connectivity index is 1.70. The van der Waals surface area contributed by atoms with Gasteiger partial charge in [0.1, 0.15) is 6.04 Å². The summed E-state index contributed by atoms with van der Waals surface area (Å²) in [5.41, 5.74) is 0.826. The number of hydrogen-bond donors (Lipinski definition) is 2. The van der Waals surface area contributed by atoms with Crippen LogP contribution in [0.5, 0.6) is 0 Å². The lowest BCUT2D eigenvalue weighted by Gasteiger charge is -2.37. The second-order valence-electron chi connectivity index (χ2n) is 6.53. The van der Waals surface area contributed by atoms with Gasteiger partial charge in [-0.05, 0) is 18.4 Å². The summed E-state index contributed by atoms with van der Waals surface area (Å²) in [7, 11) is 0. The summed E-state index contributed by atoms with van der Waals surface area (Å²) in [6, 6.07) is 7.63. The maximum absolute atomic E-state index is 12.9. The third kappa shape index (κ3) is 3.68. The van der Waals surface area contributed by atoms with Gasteiger partial charge >= 0.3 is 12.0 Å². The predicted molar refractivity (Wildman–Crippen MR) is 90.9 cm³/mol. The minimum Gasteiger partial charge on any atom is -0.481 e. The maximum Gasteiger partial charge on any atom is 0.324 e. The largest absolute Gasteiger partial charge is 0.481 e. The fourth-order valence-electron chi connectivity index (χ4n) is 3.48. The van der Waals surface area contributed by atoms with E-state index < -0.39 is 18.0 Å². The van der Waals surface area contributed by atoms with E-state index in [1.54, 1.807) is 0 Å². The van der Waals surface area contributed by atoms with Crippen LogP contribution in [0.15, 0.2) is 30.3 Å². The summed E-state index contributed by atoms with van der Waals surface area (Å²) >= 11 is 0. The zero-order valence-electron chi connectivity index (χ0n) is 14.3. The standard InChI is InChI=1S/C18H21N3O5/c22-14(7-4-8-15(23)24)20-10-9-13-16(20)17(25)21(18(26)19-13)11-12-5-2-1-3-6-12/h1-3,5-6,13,16H,4,7-11H2,(H,19,26)(H,23,24)/t13-,16+/m1/s1. The Kier molecular flexibility index (Phi) is 5.20. The first kappa shape index (κ1) is 17.9. The van der Waals surface area contributed by atoms with E-state index in [0.717, 1.165) is 10.5 Å². The summed E-state index contributed by atoms with van der Waals surface area (Å²) in [6.07, 6.45) is 0.746. The minimum absolute atomic E-state index is 0.0788. The molecule has 2 saturated heterocycles. The molecule has 138 valence electrons. The van der Waals surface area contributed by atoms with E-state index >= 15 is 0 Å². The number of carbonyl (C=O) groups is 4. The molecule has 26 heavy (non-hydrogen) atoms. The number of fused-ring (bicyclic) bond motifs is 1. The normalized spacial score (nSPS) is 22.2. The van der Waals surface area contributed by atoms with Crippen LogP contribution < -0.4 is 5.32 Å². The van der Waals surface area contributed by atoms with Crippen LogP contribution in [0.3, 0.4) is 0 Å². The number of hydrogen-bond acceptors (Lipinski definition) is 4. The Morgan fingerprint density at radius 2 is 1.88 bits per heavy atom. The number of carboxylic acids is 1. The molecule has 3 rings (SSSR count). The Bertz CT molecular complexity index is 721. The highest BCUT2D eigenvalue weighted by molar-refractivity contribution is 6.02. The van der Waals surface area contributed by atoms with Crippen molar-refractivity contribution in [3.63, 3.8) is 0 Å². The monoisotopic (exact) mass is 359 g/mol. The van der Waals surface area contributed by atoms with Gasteiger partial charge in [-0.3, -0.25) is 19.3 Å². The summed E-state index contributed by atoms with van der Waals surface area (Å²) in [6.45, 7) is 0.530. The van der Waals surface area contributed by atoms with Gasteiger partial charge < -0.3 is 15.3 Å². The molecule has 2 atom stereocenters. The van der Waals surface area contributed by atoms with Crippen LogP contribution in [0.2, 0.25) is 0 Å². The van der Waals surface area contributed by atoms with E-state index in [9.17, 15) is 19.2 Å². The van der Waals surface area contributed by atoms with Crippen molar-refractivity contribution in [3.8, 4) is 0 Å². The van der Waals surface area contributed by atoms with Crippen LogP contribution in [0.25, 0.3) is 0 Å². The second-order valence-corrected chi connectivity index (χ2v) is 6.53. The van der Waals surface area contributed by atoms with Crippen molar-refractivity contribution in [3.05, 3.63) is 35.9 Å². The van der Waals surface area contributed by atoms with E-state index in [-0.39, 0.29) is 43.7 Å². The first-order valence-electron chi connectivity index (χ1n) is 8.64. The average Bonchev–Trinajstić information content (AvgIpc) is 3.03. The molecule has 2 aliphatic rings. The van der Waals surface area contributed by atoms with E-state index in [1.165, 1.54) is 4.90 Å². The third-order valence-electron chi connectivity index (χ3n) is 4.76. The number of carbonyl (C=O) groups excluding carboxylic acids is 3. The molecule has 0 aliphatic carbocycles. The number of nitrogens with zero attached hydrogens (tertiary/aromatic N) is 2. The number of amides is 4. The van der Waals surface area contributed by atoms with E-state index in [0.29, 0.717) is 13.0 Å². The molecule has 2 fully saturated rings. The zero-order chi connectivity index (χ0) is 18.7. The molecule has 0 saturated carbocycles. The van der Waals surface area contributed by atoms with Crippen molar-refractivity contribution in [2.75, 3.05) is 6.54 Å². The van der Waals surface area contributed by atoms with Gasteiger partial charge in [0.05, 0.1) is 12.6 Å². The first-order chi connectivity index (χ1) is 12.5. The summed E-state index contributed by atoms with van der Waals surface area (Å²) in [5, 5.41) is 11.5. The van der Waals surface area contributed by atoms with Crippen molar-refractivity contribution in [2.45, 2.75) is 44.3 Å². The van der Waals surface area contributed by atoms with Crippen LogP contribution in [-0.2, 0) is 20.9 Å². The van der Waals surface area contributed by atoms with Gasteiger partial charge in [-0.2, -0.15) is 0 Å². The predicted octanol–water partition coefficient (Wildman–Crippen LogP) is 0.963. The van der Waals surface area contributed by atoms with E-state index in [4.69, 9.17) is 5.11 Å². The molecule has 2 heterocycles. The van der Waals surface area contributed by atoms with E-state index in [2.05, 4.69) is 5.32 Å². The third-order valence-corrected chi connectivity index (χ3v) is 4.76. The van der Waals surface area contributed by atoms with Gasteiger partial charge in [0.2, 0.25) is 5.91 Å².